The van der Waals surface area contributed by atoms with Crippen LogP contribution in [0.3, 0.4) is 0 Å². The lowest BCUT2D eigenvalue weighted by Crippen LogP contribution is -2.23. The van der Waals surface area contributed by atoms with Gasteiger partial charge < -0.3 is 4.74 Å². The van der Waals surface area contributed by atoms with Gasteiger partial charge in [0.25, 0.3) is 0 Å². The maximum atomic E-state index is 12.3. The summed E-state index contributed by atoms with van der Waals surface area (Å²) in [5, 5.41) is 21.9. The van der Waals surface area contributed by atoms with Gasteiger partial charge in [-0.15, -0.1) is 0 Å². The second-order valence-corrected chi connectivity index (χ2v) is 7.75. The molecule has 0 saturated heterocycles. The Hall–Kier alpha value is -3.90. The Labute approximate surface area is 189 Å². The number of benzene rings is 2. The average molecular weight is 450 g/mol. The molecule has 10 heteroatoms. The van der Waals surface area contributed by atoms with Gasteiger partial charge in [-0.05, 0) is 67.1 Å². The van der Waals surface area contributed by atoms with Crippen molar-refractivity contribution < 1.29 is 4.74 Å². The molecule has 0 radical (unpaired) electrons. The smallest absolute Gasteiger partial charge is 0.368 e. The molecule has 0 saturated carbocycles. The largest absolute Gasteiger partial charge is 0.488 e. The number of aryl methyl sites for hydroxylation is 3. The molecule has 0 aliphatic heterocycles. The van der Waals surface area contributed by atoms with Crippen LogP contribution in [0.15, 0.2) is 41.2 Å². The molecule has 2 heterocycles. The zero-order valence-corrected chi connectivity index (χ0v) is 18.8. The van der Waals surface area contributed by atoms with Crippen LogP contribution >= 0.6 is 11.6 Å². The highest BCUT2D eigenvalue weighted by Crippen LogP contribution is 2.27. The van der Waals surface area contributed by atoms with Crippen LogP contribution in [0.25, 0.3) is 11.4 Å². The first-order chi connectivity index (χ1) is 15.3. The van der Waals surface area contributed by atoms with E-state index in [4.69, 9.17) is 16.3 Å². The quantitative estimate of drug-likeness (QED) is 0.463. The van der Waals surface area contributed by atoms with Crippen molar-refractivity contribution >= 4 is 11.6 Å². The summed E-state index contributed by atoms with van der Waals surface area (Å²) in [5.74, 6) is 0.660. The van der Waals surface area contributed by atoms with Crippen LogP contribution in [-0.4, -0.2) is 29.6 Å². The lowest BCUT2D eigenvalue weighted by molar-refractivity contribution is 0.303. The molecule has 2 aromatic carbocycles. The molecular formula is C22H20ClN7O2. The van der Waals surface area contributed by atoms with Gasteiger partial charge in [-0.1, -0.05) is 17.7 Å². The van der Waals surface area contributed by atoms with Gasteiger partial charge in [0.05, 0.1) is 28.3 Å². The summed E-state index contributed by atoms with van der Waals surface area (Å²) in [5.41, 5.74) is 4.53. The Balaban J connectivity index is 1.63. The molecule has 0 aliphatic rings. The number of hydrogen-bond acceptors (Lipinski definition) is 6. The molecule has 162 valence electrons. The number of nitriles is 1. The van der Waals surface area contributed by atoms with E-state index in [2.05, 4.69) is 21.6 Å². The number of halogens is 1. The summed E-state index contributed by atoms with van der Waals surface area (Å²) in [4.78, 5) is 12.3. The highest BCUT2D eigenvalue weighted by Gasteiger charge is 2.16. The third kappa shape index (κ3) is 3.65. The second-order valence-electron chi connectivity index (χ2n) is 7.34. The molecule has 2 aromatic heterocycles. The van der Waals surface area contributed by atoms with Crippen LogP contribution in [0, 0.1) is 32.1 Å². The van der Waals surface area contributed by atoms with Gasteiger partial charge in [-0.2, -0.15) is 19.7 Å². The maximum Gasteiger partial charge on any atom is 0.368 e. The van der Waals surface area contributed by atoms with Gasteiger partial charge in [-0.25, -0.2) is 9.48 Å². The Bertz CT molecular complexity index is 1430. The summed E-state index contributed by atoms with van der Waals surface area (Å²) < 4.78 is 10.1. The van der Waals surface area contributed by atoms with Gasteiger partial charge in [0, 0.05) is 17.6 Å². The third-order valence-corrected chi connectivity index (χ3v) is 5.58. The monoisotopic (exact) mass is 449 g/mol. The van der Waals surface area contributed by atoms with Crippen LogP contribution in [0.1, 0.15) is 28.1 Å². The first kappa shape index (κ1) is 21.3. The van der Waals surface area contributed by atoms with Crippen molar-refractivity contribution in [2.45, 2.75) is 27.4 Å². The summed E-state index contributed by atoms with van der Waals surface area (Å²) in [6.45, 7) is 5.74. The summed E-state index contributed by atoms with van der Waals surface area (Å²) in [6.07, 6.45) is 0. The minimum atomic E-state index is -0.379. The second kappa shape index (κ2) is 8.32. The van der Waals surface area contributed by atoms with Crippen LogP contribution < -0.4 is 10.4 Å². The third-order valence-electron chi connectivity index (χ3n) is 5.22. The van der Waals surface area contributed by atoms with Crippen molar-refractivity contribution in [3.63, 3.8) is 0 Å². The standard InChI is InChI=1S/C22H20ClN7O2/c1-13-10-16(29-15(3)17(11-24)14(2)25-29)8-9-21(13)32-12-18-19(23)6-5-7-20(18)30-22(31)28(4)26-27-30/h5-10H,12H2,1-4H3. The Kier molecular flexibility index (Phi) is 5.55. The highest BCUT2D eigenvalue weighted by atomic mass is 35.5. The normalized spacial score (nSPS) is 10.9. The van der Waals surface area contributed by atoms with Crippen molar-refractivity contribution in [2.75, 3.05) is 0 Å². The fourth-order valence-electron chi connectivity index (χ4n) is 3.49. The SMILES string of the molecule is Cc1cc(-n2nc(C)c(C#N)c2C)ccc1OCc1c(Cl)cccc1-n1nnn(C)c1=O. The van der Waals surface area contributed by atoms with E-state index in [1.54, 1.807) is 22.9 Å². The molecule has 0 bridgehead atoms. The summed E-state index contributed by atoms with van der Waals surface area (Å²) in [6, 6.07) is 13.1. The zero-order chi connectivity index (χ0) is 23.0. The predicted octanol–water partition coefficient (Wildman–Crippen LogP) is 3.18. The topological polar surface area (TPSA) is 104 Å². The van der Waals surface area contributed by atoms with Crippen molar-refractivity contribution in [3.05, 3.63) is 80.0 Å². The number of nitrogens with zero attached hydrogens (tertiary/aromatic N) is 7. The van der Waals surface area contributed by atoms with Crippen molar-refractivity contribution in [1.82, 2.24) is 29.6 Å². The molecule has 0 N–H and O–H groups in total. The zero-order valence-electron chi connectivity index (χ0n) is 18.0. The summed E-state index contributed by atoms with van der Waals surface area (Å²) in [7, 11) is 1.53. The maximum absolute atomic E-state index is 12.3. The number of rotatable bonds is 5. The fourth-order valence-corrected chi connectivity index (χ4v) is 3.71. The Morgan fingerprint density at radius 2 is 1.91 bits per heavy atom. The first-order valence-corrected chi connectivity index (χ1v) is 10.2. The van der Waals surface area contributed by atoms with Gasteiger partial charge >= 0.3 is 5.69 Å². The molecule has 32 heavy (non-hydrogen) atoms. The van der Waals surface area contributed by atoms with Crippen LogP contribution in [0.2, 0.25) is 5.02 Å². The van der Waals surface area contributed by atoms with E-state index < -0.39 is 0 Å². The van der Waals surface area contributed by atoms with Gasteiger partial charge in [0.2, 0.25) is 0 Å². The number of hydrogen-bond donors (Lipinski definition) is 0. The number of aromatic nitrogens is 6. The van der Waals surface area contributed by atoms with Crippen molar-refractivity contribution in [1.29, 1.82) is 5.26 Å². The molecule has 0 aliphatic carbocycles. The summed E-state index contributed by atoms with van der Waals surface area (Å²) >= 11 is 6.41. The van der Waals surface area contributed by atoms with E-state index in [9.17, 15) is 10.1 Å². The molecule has 0 atom stereocenters. The molecule has 0 spiro atoms. The molecular weight excluding hydrogens is 430 g/mol. The highest BCUT2D eigenvalue weighted by molar-refractivity contribution is 6.31. The van der Waals surface area contributed by atoms with Crippen LogP contribution in [0.4, 0.5) is 0 Å². The molecule has 9 nitrogen and oxygen atoms in total. The lowest BCUT2D eigenvalue weighted by atomic mass is 10.1. The van der Waals surface area contributed by atoms with E-state index in [1.807, 2.05) is 39.0 Å². The van der Waals surface area contributed by atoms with Crippen LogP contribution in [-0.2, 0) is 13.7 Å². The average Bonchev–Trinajstić information content (AvgIpc) is 3.25. The molecule has 0 unspecified atom stereocenters. The Morgan fingerprint density at radius 1 is 1.12 bits per heavy atom. The minimum Gasteiger partial charge on any atom is -0.488 e. The molecule has 0 amide bonds. The molecule has 0 fully saturated rings. The van der Waals surface area contributed by atoms with E-state index >= 15 is 0 Å². The number of tetrazole rings is 1. The molecule has 4 aromatic rings. The van der Waals surface area contributed by atoms with Gasteiger partial charge in [-0.3, -0.25) is 0 Å². The van der Waals surface area contributed by atoms with E-state index in [1.165, 1.54) is 11.7 Å². The van der Waals surface area contributed by atoms with Crippen molar-refractivity contribution in [2.24, 2.45) is 7.05 Å². The lowest BCUT2D eigenvalue weighted by Gasteiger charge is -2.14. The van der Waals surface area contributed by atoms with E-state index in [-0.39, 0.29) is 12.3 Å². The van der Waals surface area contributed by atoms with E-state index in [0.29, 0.717) is 33.3 Å². The van der Waals surface area contributed by atoms with E-state index in [0.717, 1.165) is 21.6 Å². The Morgan fingerprint density at radius 3 is 2.53 bits per heavy atom. The minimum absolute atomic E-state index is 0.136. The first-order valence-electron chi connectivity index (χ1n) is 9.78. The van der Waals surface area contributed by atoms with Crippen LogP contribution in [0.5, 0.6) is 5.75 Å². The predicted molar refractivity (Wildman–Crippen MR) is 118 cm³/mol. The fraction of sp³-hybridized carbons (Fsp3) is 0.227. The van der Waals surface area contributed by atoms with Gasteiger partial charge in [0.15, 0.2) is 0 Å². The molecule has 4 rings (SSSR count). The van der Waals surface area contributed by atoms with Gasteiger partial charge in [0.1, 0.15) is 18.4 Å². The number of ether oxygens (including phenoxy) is 1. The van der Waals surface area contributed by atoms with Crippen molar-refractivity contribution in [3.8, 4) is 23.2 Å².